The number of carbonyl (C=O) groups is 1. The topological polar surface area (TPSA) is 45.2 Å². The molecule has 0 saturated carbocycles. The van der Waals surface area contributed by atoms with Crippen molar-refractivity contribution in [1.82, 2.24) is 9.88 Å². The summed E-state index contributed by atoms with van der Waals surface area (Å²) in [5.74, 6) is -0.0176. The van der Waals surface area contributed by atoms with Crippen molar-refractivity contribution in [2.45, 2.75) is 40.3 Å². The summed E-state index contributed by atoms with van der Waals surface area (Å²) in [5, 5.41) is 3.39. The van der Waals surface area contributed by atoms with Gasteiger partial charge < -0.3 is 10.2 Å². The van der Waals surface area contributed by atoms with E-state index in [1.807, 2.05) is 67.3 Å². The van der Waals surface area contributed by atoms with Gasteiger partial charge in [-0.25, -0.2) is 0 Å². The second-order valence-electron chi connectivity index (χ2n) is 7.35. The lowest BCUT2D eigenvalue weighted by molar-refractivity contribution is 0.0690. The highest BCUT2D eigenvalue weighted by molar-refractivity contribution is 5.95. The Morgan fingerprint density at radius 2 is 1.79 bits per heavy atom. The summed E-state index contributed by atoms with van der Waals surface area (Å²) < 4.78 is 0. The zero-order chi connectivity index (χ0) is 20.1. The number of nitrogens with zero attached hydrogens (tertiary/aromatic N) is 2. The Kier molecular flexibility index (Phi) is 6.09. The Morgan fingerprint density at radius 3 is 2.50 bits per heavy atom. The second-order valence-corrected chi connectivity index (χ2v) is 7.35. The van der Waals surface area contributed by atoms with Gasteiger partial charge in [-0.05, 0) is 56.5 Å². The first-order chi connectivity index (χ1) is 13.5. The van der Waals surface area contributed by atoms with Gasteiger partial charge in [-0.2, -0.15) is 0 Å². The summed E-state index contributed by atoms with van der Waals surface area (Å²) in [6, 6.07) is 18.2. The molecule has 0 unspecified atom stereocenters. The second kappa shape index (κ2) is 8.70. The van der Waals surface area contributed by atoms with Crippen molar-refractivity contribution >= 4 is 17.3 Å². The Labute approximate surface area is 167 Å². The van der Waals surface area contributed by atoms with E-state index in [9.17, 15) is 4.79 Å². The third-order valence-electron chi connectivity index (χ3n) is 4.95. The maximum Gasteiger partial charge on any atom is 0.256 e. The molecule has 0 bridgehead atoms. The standard InChI is InChI=1S/C24H27N3O/c1-17(2)27(16-20-10-6-5-7-11-20)24(28)21-13-22(15-25-14-21)26-23-12-8-9-18(3)19(23)4/h5-15,17,26H,16H2,1-4H3. The van der Waals surface area contributed by atoms with E-state index in [1.165, 1.54) is 11.1 Å². The molecule has 0 aliphatic carbocycles. The first-order valence-corrected chi connectivity index (χ1v) is 9.59. The number of rotatable bonds is 6. The predicted molar refractivity (Wildman–Crippen MR) is 115 cm³/mol. The van der Waals surface area contributed by atoms with Gasteiger partial charge in [0.05, 0.1) is 17.4 Å². The van der Waals surface area contributed by atoms with Crippen molar-refractivity contribution < 1.29 is 4.79 Å². The van der Waals surface area contributed by atoms with E-state index < -0.39 is 0 Å². The fraction of sp³-hybridized carbons (Fsp3) is 0.250. The van der Waals surface area contributed by atoms with Crippen LogP contribution in [0, 0.1) is 13.8 Å². The SMILES string of the molecule is Cc1cccc(Nc2cncc(C(=O)N(Cc3ccccc3)C(C)C)c2)c1C. The lowest BCUT2D eigenvalue weighted by Crippen LogP contribution is -2.36. The van der Waals surface area contributed by atoms with Crippen LogP contribution < -0.4 is 5.32 Å². The van der Waals surface area contributed by atoms with Crippen LogP contribution in [-0.4, -0.2) is 21.8 Å². The normalized spacial score (nSPS) is 10.8. The van der Waals surface area contributed by atoms with E-state index in [2.05, 4.69) is 30.2 Å². The van der Waals surface area contributed by atoms with E-state index in [-0.39, 0.29) is 11.9 Å². The third-order valence-corrected chi connectivity index (χ3v) is 4.95. The zero-order valence-electron chi connectivity index (χ0n) is 16.9. The fourth-order valence-corrected chi connectivity index (χ4v) is 3.10. The van der Waals surface area contributed by atoms with Gasteiger partial charge in [0.2, 0.25) is 0 Å². The van der Waals surface area contributed by atoms with Crippen LogP contribution in [0.3, 0.4) is 0 Å². The Bertz CT molecular complexity index is 951. The molecule has 4 heteroatoms. The molecule has 1 amide bonds. The fourth-order valence-electron chi connectivity index (χ4n) is 3.10. The van der Waals surface area contributed by atoms with Gasteiger partial charge in [0.25, 0.3) is 5.91 Å². The van der Waals surface area contributed by atoms with Crippen LogP contribution in [0.25, 0.3) is 0 Å². The minimum atomic E-state index is -0.0176. The van der Waals surface area contributed by atoms with Crippen molar-refractivity contribution in [3.05, 3.63) is 89.2 Å². The number of hydrogen-bond acceptors (Lipinski definition) is 3. The molecule has 144 valence electrons. The largest absolute Gasteiger partial charge is 0.354 e. The third kappa shape index (κ3) is 4.58. The number of benzene rings is 2. The van der Waals surface area contributed by atoms with Crippen LogP contribution in [0.15, 0.2) is 67.0 Å². The van der Waals surface area contributed by atoms with Crippen LogP contribution in [0.4, 0.5) is 11.4 Å². The molecule has 0 radical (unpaired) electrons. The van der Waals surface area contributed by atoms with E-state index in [1.54, 1.807) is 12.4 Å². The maximum absolute atomic E-state index is 13.2. The van der Waals surface area contributed by atoms with Crippen molar-refractivity contribution in [3.63, 3.8) is 0 Å². The number of aromatic nitrogens is 1. The molecule has 28 heavy (non-hydrogen) atoms. The van der Waals surface area contributed by atoms with Crippen LogP contribution in [-0.2, 0) is 6.54 Å². The molecule has 1 N–H and O–H groups in total. The van der Waals surface area contributed by atoms with Gasteiger partial charge in [0.1, 0.15) is 0 Å². The number of aryl methyl sites for hydroxylation is 1. The highest BCUT2D eigenvalue weighted by Gasteiger charge is 2.20. The summed E-state index contributed by atoms with van der Waals surface area (Å²) in [6.07, 6.45) is 3.38. The maximum atomic E-state index is 13.2. The molecule has 0 spiro atoms. The highest BCUT2D eigenvalue weighted by atomic mass is 16.2. The summed E-state index contributed by atoms with van der Waals surface area (Å²) >= 11 is 0. The number of pyridine rings is 1. The van der Waals surface area contributed by atoms with Crippen LogP contribution >= 0.6 is 0 Å². The summed E-state index contributed by atoms with van der Waals surface area (Å²) in [6.45, 7) is 8.81. The monoisotopic (exact) mass is 373 g/mol. The van der Waals surface area contributed by atoms with E-state index in [4.69, 9.17) is 0 Å². The Balaban J connectivity index is 1.83. The Hall–Kier alpha value is -3.14. The van der Waals surface area contributed by atoms with Crippen molar-refractivity contribution in [2.24, 2.45) is 0 Å². The molecule has 4 nitrogen and oxygen atoms in total. The van der Waals surface area contributed by atoms with Gasteiger partial charge in [0.15, 0.2) is 0 Å². The van der Waals surface area contributed by atoms with Gasteiger partial charge in [-0.3, -0.25) is 9.78 Å². The molecule has 0 aliphatic rings. The summed E-state index contributed by atoms with van der Waals surface area (Å²) in [5.41, 5.74) is 5.94. The smallest absolute Gasteiger partial charge is 0.256 e. The van der Waals surface area contributed by atoms with Crippen LogP contribution in [0.1, 0.15) is 40.9 Å². The molecule has 2 aromatic carbocycles. The van der Waals surface area contributed by atoms with E-state index >= 15 is 0 Å². The molecule has 0 atom stereocenters. The lowest BCUT2D eigenvalue weighted by atomic mass is 10.1. The van der Waals surface area contributed by atoms with E-state index in [0.29, 0.717) is 12.1 Å². The lowest BCUT2D eigenvalue weighted by Gasteiger charge is -2.27. The molecule has 0 fully saturated rings. The predicted octanol–water partition coefficient (Wildman–Crippen LogP) is 5.49. The molecular weight excluding hydrogens is 346 g/mol. The molecule has 1 heterocycles. The Morgan fingerprint density at radius 1 is 1.04 bits per heavy atom. The van der Waals surface area contributed by atoms with Crippen LogP contribution in [0.5, 0.6) is 0 Å². The number of hydrogen-bond donors (Lipinski definition) is 1. The number of amides is 1. The number of carbonyl (C=O) groups excluding carboxylic acids is 1. The average molecular weight is 374 g/mol. The molecule has 0 aliphatic heterocycles. The van der Waals surface area contributed by atoms with Gasteiger partial charge in [-0.1, -0.05) is 42.5 Å². The zero-order valence-corrected chi connectivity index (χ0v) is 16.9. The van der Waals surface area contributed by atoms with Crippen molar-refractivity contribution in [3.8, 4) is 0 Å². The number of anilines is 2. The number of nitrogens with one attached hydrogen (secondary N) is 1. The first kappa shape index (κ1) is 19.6. The minimum absolute atomic E-state index is 0.0176. The van der Waals surface area contributed by atoms with Crippen molar-refractivity contribution in [1.29, 1.82) is 0 Å². The van der Waals surface area contributed by atoms with E-state index in [0.717, 1.165) is 16.9 Å². The molecule has 1 aromatic heterocycles. The highest BCUT2D eigenvalue weighted by Crippen LogP contribution is 2.23. The first-order valence-electron chi connectivity index (χ1n) is 9.59. The van der Waals surface area contributed by atoms with Crippen LogP contribution in [0.2, 0.25) is 0 Å². The minimum Gasteiger partial charge on any atom is -0.354 e. The average Bonchev–Trinajstić information content (AvgIpc) is 2.70. The van der Waals surface area contributed by atoms with Gasteiger partial charge in [0, 0.05) is 24.5 Å². The molecular formula is C24H27N3O. The molecule has 0 saturated heterocycles. The molecule has 3 rings (SSSR count). The molecule has 3 aromatic rings. The summed E-state index contributed by atoms with van der Waals surface area (Å²) in [7, 11) is 0. The summed E-state index contributed by atoms with van der Waals surface area (Å²) in [4.78, 5) is 19.3. The quantitative estimate of drug-likeness (QED) is 0.621. The van der Waals surface area contributed by atoms with Gasteiger partial charge >= 0.3 is 0 Å². The van der Waals surface area contributed by atoms with Crippen molar-refractivity contribution in [2.75, 3.05) is 5.32 Å². The van der Waals surface area contributed by atoms with Gasteiger partial charge in [-0.15, -0.1) is 0 Å².